The van der Waals surface area contributed by atoms with Crippen molar-refractivity contribution >= 4 is 11.6 Å². The first-order valence-electron chi connectivity index (χ1n) is 9.52. The molecule has 0 radical (unpaired) electrons. The summed E-state index contributed by atoms with van der Waals surface area (Å²) in [5.41, 5.74) is 3.43. The third-order valence-electron chi connectivity index (χ3n) is 4.71. The van der Waals surface area contributed by atoms with Crippen LogP contribution in [0.15, 0.2) is 42.5 Å². The van der Waals surface area contributed by atoms with Gasteiger partial charge in [0.2, 0.25) is 0 Å². The molecule has 0 spiro atoms. The van der Waals surface area contributed by atoms with E-state index in [2.05, 4.69) is 17.4 Å². The first kappa shape index (κ1) is 18.3. The SMILES string of the molecule is CCOc1ccccc1NC(=O)[C@@H](CC)Oc1ccc2c(c1)CCCC2. The minimum atomic E-state index is -0.536. The Hall–Kier alpha value is -2.49. The Bertz CT molecular complexity index is 757. The molecule has 1 atom stereocenters. The van der Waals surface area contributed by atoms with E-state index in [4.69, 9.17) is 9.47 Å². The van der Waals surface area contributed by atoms with Crippen molar-refractivity contribution in [3.8, 4) is 11.5 Å². The van der Waals surface area contributed by atoms with Crippen molar-refractivity contribution in [1.82, 2.24) is 0 Å². The van der Waals surface area contributed by atoms with Crippen LogP contribution >= 0.6 is 0 Å². The lowest BCUT2D eigenvalue weighted by atomic mass is 9.92. The molecule has 0 aliphatic heterocycles. The molecule has 4 nitrogen and oxygen atoms in total. The number of carbonyl (C=O) groups excluding carboxylic acids is 1. The molecule has 0 saturated carbocycles. The average molecular weight is 353 g/mol. The Morgan fingerprint density at radius 2 is 1.85 bits per heavy atom. The molecule has 0 fully saturated rings. The van der Waals surface area contributed by atoms with Gasteiger partial charge in [-0.25, -0.2) is 0 Å². The molecule has 0 aromatic heterocycles. The zero-order valence-corrected chi connectivity index (χ0v) is 15.6. The van der Waals surface area contributed by atoms with Crippen LogP contribution < -0.4 is 14.8 Å². The van der Waals surface area contributed by atoms with Gasteiger partial charge in [0.05, 0.1) is 12.3 Å². The Kier molecular flexibility index (Phi) is 6.16. The van der Waals surface area contributed by atoms with Crippen molar-refractivity contribution in [1.29, 1.82) is 0 Å². The standard InChI is InChI=1S/C22H27NO3/c1-3-20(22(24)23-19-11-7-8-12-21(19)25-4-2)26-18-14-13-16-9-5-6-10-17(16)15-18/h7-8,11-15,20H,3-6,9-10H2,1-2H3,(H,23,24)/t20-/m1/s1. The van der Waals surface area contributed by atoms with Gasteiger partial charge in [0, 0.05) is 0 Å². The summed E-state index contributed by atoms with van der Waals surface area (Å²) in [6.45, 7) is 4.43. The second-order valence-corrected chi connectivity index (χ2v) is 6.57. The Morgan fingerprint density at radius 1 is 1.08 bits per heavy atom. The molecule has 0 bridgehead atoms. The van der Waals surface area contributed by atoms with Crippen molar-refractivity contribution in [2.45, 2.75) is 52.1 Å². The van der Waals surface area contributed by atoms with Crippen LogP contribution in [-0.2, 0) is 17.6 Å². The molecule has 138 valence electrons. The molecule has 4 heteroatoms. The molecule has 1 amide bonds. The molecule has 0 unspecified atom stereocenters. The average Bonchev–Trinajstić information content (AvgIpc) is 2.67. The molecule has 3 rings (SSSR count). The molecule has 1 N–H and O–H groups in total. The van der Waals surface area contributed by atoms with Crippen LogP contribution in [0.25, 0.3) is 0 Å². The van der Waals surface area contributed by atoms with Gasteiger partial charge < -0.3 is 14.8 Å². The highest BCUT2D eigenvalue weighted by molar-refractivity contribution is 5.95. The Balaban J connectivity index is 1.69. The zero-order chi connectivity index (χ0) is 18.4. The summed E-state index contributed by atoms with van der Waals surface area (Å²) in [6, 6.07) is 13.7. The van der Waals surface area contributed by atoms with E-state index in [1.807, 2.05) is 44.2 Å². The van der Waals surface area contributed by atoms with Gasteiger partial charge in [-0.2, -0.15) is 0 Å². The number of nitrogens with one attached hydrogen (secondary N) is 1. The fourth-order valence-corrected chi connectivity index (χ4v) is 3.33. The molecule has 0 heterocycles. The van der Waals surface area contributed by atoms with Gasteiger partial charge in [-0.1, -0.05) is 25.1 Å². The van der Waals surface area contributed by atoms with Gasteiger partial charge in [-0.05, 0) is 74.4 Å². The number of amides is 1. The predicted octanol–water partition coefficient (Wildman–Crippen LogP) is 4.76. The number of aryl methyl sites for hydroxylation is 2. The van der Waals surface area contributed by atoms with E-state index in [-0.39, 0.29) is 5.91 Å². The van der Waals surface area contributed by atoms with E-state index in [1.165, 1.54) is 24.0 Å². The highest BCUT2D eigenvalue weighted by atomic mass is 16.5. The number of anilines is 1. The van der Waals surface area contributed by atoms with Crippen LogP contribution in [0, 0.1) is 0 Å². The quantitative estimate of drug-likeness (QED) is 0.781. The minimum absolute atomic E-state index is 0.155. The molecule has 1 aliphatic rings. The van der Waals surface area contributed by atoms with Gasteiger partial charge in [-0.3, -0.25) is 4.79 Å². The minimum Gasteiger partial charge on any atom is -0.492 e. The maximum absolute atomic E-state index is 12.7. The van der Waals surface area contributed by atoms with Crippen molar-refractivity contribution in [2.24, 2.45) is 0 Å². The number of rotatable bonds is 7. The topological polar surface area (TPSA) is 47.6 Å². The second-order valence-electron chi connectivity index (χ2n) is 6.57. The summed E-state index contributed by atoms with van der Waals surface area (Å²) in [5, 5.41) is 2.94. The number of hydrogen-bond acceptors (Lipinski definition) is 3. The predicted molar refractivity (Wildman–Crippen MR) is 104 cm³/mol. The van der Waals surface area contributed by atoms with Crippen LogP contribution in [0.3, 0.4) is 0 Å². The maximum Gasteiger partial charge on any atom is 0.265 e. The van der Waals surface area contributed by atoms with Gasteiger partial charge in [-0.15, -0.1) is 0 Å². The van der Waals surface area contributed by atoms with Crippen molar-refractivity contribution < 1.29 is 14.3 Å². The van der Waals surface area contributed by atoms with Gasteiger partial charge >= 0.3 is 0 Å². The van der Waals surface area contributed by atoms with Crippen LogP contribution in [-0.4, -0.2) is 18.6 Å². The number of para-hydroxylation sites is 2. The van der Waals surface area contributed by atoms with Crippen molar-refractivity contribution in [2.75, 3.05) is 11.9 Å². The highest BCUT2D eigenvalue weighted by Gasteiger charge is 2.20. The first-order chi connectivity index (χ1) is 12.7. The fourth-order valence-electron chi connectivity index (χ4n) is 3.33. The lowest BCUT2D eigenvalue weighted by Gasteiger charge is -2.21. The van der Waals surface area contributed by atoms with Crippen molar-refractivity contribution in [3.63, 3.8) is 0 Å². The summed E-state index contributed by atoms with van der Waals surface area (Å²) in [4.78, 5) is 12.7. The summed E-state index contributed by atoms with van der Waals surface area (Å²) < 4.78 is 11.6. The van der Waals surface area contributed by atoms with Gasteiger partial charge in [0.25, 0.3) is 5.91 Å². The van der Waals surface area contributed by atoms with Crippen LogP contribution in [0.5, 0.6) is 11.5 Å². The van der Waals surface area contributed by atoms with E-state index >= 15 is 0 Å². The summed E-state index contributed by atoms with van der Waals surface area (Å²) in [6.07, 6.45) is 4.78. The second kappa shape index (κ2) is 8.75. The van der Waals surface area contributed by atoms with Gasteiger partial charge in [0.1, 0.15) is 11.5 Å². The monoisotopic (exact) mass is 353 g/mol. The summed E-state index contributed by atoms with van der Waals surface area (Å²) >= 11 is 0. The maximum atomic E-state index is 12.7. The van der Waals surface area contributed by atoms with Crippen molar-refractivity contribution in [3.05, 3.63) is 53.6 Å². The molecular weight excluding hydrogens is 326 g/mol. The molecular formula is C22H27NO3. The highest BCUT2D eigenvalue weighted by Crippen LogP contribution is 2.27. The van der Waals surface area contributed by atoms with E-state index in [1.54, 1.807) is 0 Å². The number of hydrogen-bond donors (Lipinski definition) is 1. The van der Waals surface area contributed by atoms with Crippen LogP contribution in [0.4, 0.5) is 5.69 Å². The largest absolute Gasteiger partial charge is 0.492 e. The third kappa shape index (κ3) is 4.37. The lowest BCUT2D eigenvalue weighted by Crippen LogP contribution is -2.32. The number of ether oxygens (including phenoxy) is 2. The zero-order valence-electron chi connectivity index (χ0n) is 15.6. The lowest BCUT2D eigenvalue weighted by molar-refractivity contribution is -0.122. The summed E-state index contributed by atoms with van der Waals surface area (Å²) in [7, 11) is 0. The first-order valence-corrected chi connectivity index (χ1v) is 9.52. The van der Waals surface area contributed by atoms with E-state index in [9.17, 15) is 4.79 Å². The van der Waals surface area contributed by atoms with E-state index < -0.39 is 6.10 Å². The van der Waals surface area contributed by atoms with Gasteiger partial charge in [0.15, 0.2) is 6.10 Å². The normalized spacial score (nSPS) is 14.2. The molecule has 2 aromatic rings. The van der Waals surface area contributed by atoms with E-state index in [0.29, 0.717) is 24.5 Å². The molecule has 26 heavy (non-hydrogen) atoms. The number of carbonyl (C=O) groups is 1. The Labute approximate surface area is 155 Å². The number of benzene rings is 2. The third-order valence-corrected chi connectivity index (χ3v) is 4.71. The fraction of sp³-hybridized carbons (Fsp3) is 0.409. The molecule has 1 aliphatic carbocycles. The molecule has 2 aromatic carbocycles. The smallest absolute Gasteiger partial charge is 0.265 e. The van der Waals surface area contributed by atoms with E-state index in [0.717, 1.165) is 18.6 Å². The van der Waals surface area contributed by atoms with Crippen LogP contribution in [0.2, 0.25) is 0 Å². The Morgan fingerprint density at radius 3 is 2.62 bits per heavy atom. The molecule has 0 saturated heterocycles. The number of fused-ring (bicyclic) bond motifs is 1. The summed E-state index contributed by atoms with van der Waals surface area (Å²) in [5.74, 6) is 1.29. The van der Waals surface area contributed by atoms with Crippen LogP contribution in [0.1, 0.15) is 44.2 Å².